The van der Waals surface area contributed by atoms with Crippen molar-refractivity contribution in [2.24, 2.45) is 0 Å². The number of carbonyl (C=O) groups excluding carboxylic acids is 1. The highest BCUT2D eigenvalue weighted by atomic mass is 16.2. The van der Waals surface area contributed by atoms with E-state index in [1.165, 1.54) is 10.7 Å². The maximum atomic E-state index is 12.5. The molecule has 1 N–H and O–H groups in total. The lowest BCUT2D eigenvalue weighted by Gasteiger charge is -2.14. The van der Waals surface area contributed by atoms with Crippen molar-refractivity contribution in [1.29, 1.82) is 0 Å². The number of amides is 1. The molecule has 0 saturated carbocycles. The molecule has 0 aliphatic heterocycles. The Hall–Kier alpha value is -3.35. The van der Waals surface area contributed by atoms with Gasteiger partial charge < -0.3 is 5.32 Å². The van der Waals surface area contributed by atoms with E-state index >= 15 is 0 Å². The van der Waals surface area contributed by atoms with Gasteiger partial charge in [-0.3, -0.25) is 14.6 Å². The lowest BCUT2D eigenvalue weighted by molar-refractivity contribution is -0.119. The Kier molecular flexibility index (Phi) is 4.65. The van der Waals surface area contributed by atoms with E-state index in [4.69, 9.17) is 0 Å². The monoisotopic (exact) mass is 335 g/mol. The molecule has 3 aromatic rings. The van der Waals surface area contributed by atoms with Crippen LogP contribution in [0.25, 0.3) is 11.3 Å². The molecular formula is C18H17N5O2. The van der Waals surface area contributed by atoms with E-state index in [0.717, 1.165) is 11.3 Å². The molecule has 3 rings (SSSR count). The first-order valence-electron chi connectivity index (χ1n) is 7.79. The summed E-state index contributed by atoms with van der Waals surface area (Å²) in [6, 6.07) is 11.2. The topological polar surface area (TPSA) is 89.8 Å². The zero-order valence-corrected chi connectivity index (χ0v) is 13.9. The van der Waals surface area contributed by atoms with Crippen LogP contribution < -0.4 is 10.9 Å². The largest absolute Gasteiger partial charge is 0.309 e. The van der Waals surface area contributed by atoms with Gasteiger partial charge in [-0.1, -0.05) is 6.07 Å². The summed E-state index contributed by atoms with van der Waals surface area (Å²) in [7, 11) is 0. The molecule has 7 heteroatoms. The van der Waals surface area contributed by atoms with E-state index in [9.17, 15) is 9.59 Å². The quantitative estimate of drug-likeness (QED) is 0.789. The predicted molar refractivity (Wildman–Crippen MR) is 94.0 cm³/mol. The minimum atomic E-state index is -0.781. The summed E-state index contributed by atoms with van der Waals surface area (Å²) in [6.45, 7) is 3.46. The number of carbonyl (C=O) groups is 1. The Labute approximate surface area is 144 Å². The molecule has 0 aromatic carbocycles. The molecule has 0 radical (unpaired) electrons. The first-order valence-corrected chi connectivity index (χ1v) is 7.79. The van der Waals surface area contributed by atoms with E-state index in [2.05, 4.69) is 20.4 Å². The van der Waals surface area contributed by atoms with Crippen LogP contribution in [0.1, 0.15) is 18.7 Å². The van der Waals surface area contributed by atoms with E-state index < -0.39 is 6.04 Å². The number of pyridine rings is 2. The SMILES string of the molecule is Cc1cccc(NC(=O)C(C)n2nc(-c3ccncc3)ccc2=O)n1. The van der Waals surface area contributed by atoms with Crippen LogP contribution in [-0.2, 0) is 4.79 Å². The molecule has 0 aliphatic carbocycles. The third-order valence-electron chi connectivity index (χ3n) is 3.69. The van der Waals surface area contributed by atoms with Crippen LogP contribution in [-0.4, -0.2) is 25.7 Å². The summed E-state index contributed by atoms with van der Waals surface area (Å²) in [5.74, 6) is 0.0785. The molecular weight excluding hydrogens is 318 g/mol. The van der Waals surface area contributed by atoms with Crippen LogP contribution in [0.5, 0.6) is 0 Å². The molecule has 0 aliphatic rings. The van der Waals surface area contributed by atoms with Gasteiger partial charge in [-0.05, 0) is 44.2 Å². The van der Waals surface area contributed by atoms with Gasteiger partial charge in [-0.2, -0.15) is 5.10 Å². The van der Waals surface area contributed by atoms with Crippen LogP contribution in [0, 0.1) is 6.92 Å². The van der Waals surface area contributed by atoms with Crippen molar-refractivity contribution in [2.75, 3.05) is 5.32 Å². The van der Waals surface area contributed by atoms with Crippen molar-refractivity contribution in [2.45, 2.75) is 19.9 Å². The van der Waals surface area contributed by atoms with Gasteiger partial charge in [-0.15, -0.1) is 0 Å². The summed E-state index contributed by atoms with van der Waals surface area (Å²) < 4.78 is 1.17. The lowest BCUT2D eigenvalue weighted by Crippen LogP contribution is -2.33. The van der Waals surface area contributed by atoms with Crippen molar-refractivity contribution in [3.8, 4) is 11.3 Å². The van der Waals surface area contributed by atoms with Gasteiger partial charge >= 0.3 is 0 Å². The first kappa shape index (κ1) is 16.5. The van der Waals surface area contributed by atoms with Crippen molar-refractivity contribution in [3.63, 3.8) is 0 Å². The second-order valence-electron chi connectivity index (χ2n) is 5.57. The van der Waals surface area contributed by atoms with Gasteiger partial charge in [-0.25, -0.2) is 9.67 Å². The molecule has 3 aromatic heterocycles. The Bertz CT molecular complexity index is 953. The summed E-state index contributed by atoms with van der Waals surface area (Å²) in [4.78, 5) is 32.8. The van der Waals surface area contributed by atoms with Gasteiger partial charge in [0.1, 0.15) is 11.9 Å². The Morgan fingerprint density at radius 1 is 1.12 bits per heavy atom. The van der Waals surface area contributed by atoms with Crippen molar-refractivity contribution >= 4 is 11.7 Å². The van der Waals surface area contributed by atoms with Crippen molar-refractivity contribution in [1.82, 2.24) is 19.7 Å². The molecule has 0 saturated heterocycles. The van der Waals surface area contributed by atoms with Crippen LogP contribution in [0.3, 0.4) is 0 Å². The molecule has 0 bridgehead atoms. The molecule has 1 unspecified atom stereocenters. The van der Waals surface area contributed by atoms with Gasteiger partial charge in [0, 0.05) is 29.7 Å². The van der Waals surface area contributed by atoms with Crippen LogP contribution in [0.4, 0.5) is 5.82 Å². The molecule has 0 fully saturated rings. The second-order valence-corrected chi connectivity index (χ2v) is 5.57. The normalized spacial score (nSPS) is 11.8. The smallest absolute Gasteiger partial charge is 0.267 e. The number of aryl methyl sites for hydroxylation is 1. The third-order valence-corrected chi connectivity index (χ3v) is 3.69. The van der Waals surface area contributed by atoms with Crippen molar-refractivity contribution in [3.05, 3.63) is 70.9 Å². The molecule has 3 heterocycles. The number of hydrogen-bond donors (Lipinski definition) is 1. The van der Waals surface area contributed by atoms with E-state index in [-0.39, 0.29) is 11.5 Å². The lowest BCUT2D eigenvalue weighted by atomic mass is 10.2. The van der Waals surface area contributed by atoms with Crippen LogP contribution in [0.15, 0.2) is 59.7 Å². The van der Waals surface area contributed by atoms with Crippen LogP contribution in [0.2, 0.25) is 0 Å². The molecule has 1 amide bonds. The number of nitrogens with zero attached hydrogens (tertiary/aromatic N) is 4. The molecule has 1 atom stereocenters. The Morgan fingerprint density at radius 3 is 2.60 bits per heavy atom. The number of hydrogen-bond acceptors (Lipinski definition) is 5. The molecule has 7 nitrogen and oxygen atoms in total. The zero-order valence-electron chi connectivity index (χ0n) is 13.9. The van der Waals surface area contributed by atoms with Gasteiger partial charge in [0.2, 0.25) is 5.91 Å². The van der Waals surface area contributed by atoms with E-state index in [0.29, 0.717) is 11.5 Å². The Morgan fingerprint density at radius 2 is 1.88 bits per heavy atom. The minimum absolute atomic E-state index is 0.349. The second kappa shape index (κ2) is 7.04. The summed E-state index contributed by atoms with van der Waals surface area (Å²) in [5, 5.41) is 7.03. The van der Waals surface area contributed by atoms with Crippen LogP contribution >= 0.6 is 0 Å². The highest BCUT2D eigenvalue weighted by Crippen LogP contribution is 2.15. The number of nitrogens with one attached hydrogen (secondary N) is 1. The summed E-state index contributed by atoms with van der Waals surface area (Å²) in [5.41, 5.74) is 1.85. The third kappa shape index (κ3) is 3.77. The first-order chi connectivity index (χ1) is 12.0. The summed E-state index contributed by atoms with van der Waals surface area (Å²) in [6.07, 6.45) is 3.29. The molecule has 25 heavy (non-hydrogen) atoms. The number of aromatic nitrogens is 4. The number of anilines is 1. The minimum Gasteiger partial charge on any atom is -0.309 e. The van der Waals surface area contributed by atoms with Gasteiger partial charge in [0.05, 0.1) is 5.69 Å². The predicted octanol–water partition coefficient (Wildman–Crippen LogP) is 2.21. The van der Waals surface area contributed by atoms with Crippen molar-refractivity contribution < 1.29 is 4.79 Å². The average molecular weight is 335 g/mol. The van der Waals surface area contributed by atoms with E-state index in [1.54, 1.807) is 49.6 Å². The Balaban J connectivity index is 1.87. The standard InChI is InChI=1S/C18H17N5O2/c1-12-4-3-5-16(20-12)21-18(25)13(2)23-17(24)7-6-15(22-23)14-8-10-19-11-9-14/h3-11,13H,1-2H3,(H,20,21,25). The highest BCUT2D eigenvalue weighted by Gasteiger charge is 2.18. The van der Waals surface area contributed by atoms with Gasteiger partial charge in [0.15, 0.2) is 0 Å². The number of rotatable bonds is 4. The fourth-order valence-electron chi connectivity index (χ4n) is 2.33. The summed E-state index contributed by atoms with van der Waals surface area (Å²) >= 11 is 0. The van der Waals surface area contributed by atoms with E-state index in [1.807, 2.05) is 13.0 Å². The average Bonchev–Trinajstić information content (AvgIpc) is 2.62. The molecule has 0 spiro atoms. The van der Waals surface area contributed by atoms with Gasteiger partial charge in [0.25, 0.3) is 5.56 Å². The fraction of sp³-hybridized carbons (Fsp3) is 0.167. The fourth-order valence-corrected chi connectivity index (χ4v) is 2.33. The molecule has 126 valence electrons. The highest BCUT2D eigenvalue weighted by molar-refractivity contribution is 5.92. The maximum Gasteiger partial charge on any atom is 0.267 e. The zero-order chi connectivity index (χ0) is 17.8. The maximum absolute atomic E-state index is 12.5.